The van der Waals surface area contributed by atoms with Crippen LogP contribution in [-0.4, -0.2) is 28.6 Å². The minimum absolute atomic E-state index is 0.00355. The van der Waals surface area contributed by atoms with Crippen molar-refractivity contribution < 1.29 is 14.3 Å². The molecule has 0 bridgehead atoms. The van der Waals surface area contributed by atoms with Gasteiger partial charge in [-0.05, 0) is 48.9 Å². The van der Waals surface area contributed by atoms with E-state index in [1.165, 1.54) is 11.1 Å². The van der Waals surface area contributed by atoms with Gasteiger partial charge in [0.05, 0.1) is 0 Å². The van der Waals surface area contributed by atoms with Gasteiger partial charge in [0.25, 0.3) is 5.91 Å². The lowest BCUT2D eigenvalue weighted by molar-refractivity contribution is -0.139. The Labute approximate surface area is 169 Å². The number of fused-ring (bicyclic) bond motifs is 2. The number of hydrogen-bond donors (Lipinski definition) is 3. The van der Waals surface area contributed by atoms with Crippen LogP contribution in [-0.2, 0) is 28.8 Å². The maximum absolute atomic E-state index is 13.2. The number of rotatable bonds is 5. The predicted octanol–water partition coefficient (Wildman–Crippen LogP) is 3.24. The summed E-state index contributed by atoms with van der Waals surface area (Å²) in [6.45, 7) is 1.62. The second kappa shape index (κ2) is 7.62. The third kappa shape index (κ3) is 3.97. The summed E-state index contributed by atoms with van der Waals surface area (Å²) >= 11 is 0. The molecule has 3 aromatic rings. The average molecular weight is 391 g/mol. The Bertz CT molecular complexity index is 1060. The molecule has 1 aliphatic rings. The first-order valence-electron chi connectivity index (χ1n) is 9.86. The molecule has 1 aromatic heterocycles. The zero-order valence-corrected chi connectivity index (χ0v) is 16.4. The van der Waals surface area contributed by atoms with Crippen LogP contribution in [0.15, 0.2) is 54.7 Å². The zero-order chi connectivity index (χ0) is 20.4. The van der Waals surface area contributed by atoms with E-state index in [-0.39, 0.29) is 18.4 Å². The zero-order valence-electron chi connectivity index (χ0n) is 16.4. The Hall–Kier alpha value is -3.28. The van der Waals surface area contributed by atoms with Crippen molar-refractivity contribution in [1.29, 1.82) is 0 Å². The minimum Gasteiger partial charge on any atom is -0.433 e. The molecular weight excluding hydrogens is 366 g/mol. The number of aryl methyl sites for hydroxylation is 1. The fraction of sp³-hybridized carbons (Fsp3) is 0.304. The minimum atomic E-state index is -1.40. The standard InChI is InChI=1S/C23H25N3O3/c1-23(29-22(24)28,13-17-14-25-20-9-5-4-8-19(17)20)21(27)26-18-11-10-15-6-2-3-7-16(15)12-18/h2-9,14,18,25H,10-13H2,1H3,(H2,24,28)(H,26,27). The summed E-state index contributed by atoms with van der Waals surface area (Å²) in [7, 11) is 0. The molecule has 0 aliphatic heterocycles. The van der Waals surface area contributed by atoms with Crippen molar-refractivity contribution in [3.63, 3.8) is 0 Å². The van der Waals surface area contributed by atoms with Crippen LogP contribution in [0.1, 0.15) is 30.0 Å². The van der Waals surface area contributed by atoms with Gasteiger partial charge in [0.1, 0.15) is 0 Å². The third-order valence-corrected chi connectivity index (χ3v) is 5.69. The molecule has 2 aromatic carbocycles. The Morgan fingerprint density at radius 1 is 1.17 bits per heavy atom. The lowest BCUT2D eigenvalue weighted by Crippen LogP contribution is -2.53. The van der Waals surface area contributed by atoms with Gasteiger partial charge in [-0.2, -0.15) is 0 Å². The number of aromatic amines is 1. The number of amides is 2. The van der Waals surface area contributed by atoms with Crippen molar-refractivity contribution in [2.45, 2.75) is 44.2 Å². The van der Waals surface area contributed by atoms with E-state index in [4.69, 9.17) is 10.5 Å². The van der Waals surface area contributed by atoms with Crippen molar-refractivity contribution in [3.8, 4) is 0 Å². The molecule has 2 amide bonds. The van der Waals surface area contributed by atoms with Gasteiger partial charge in [-0.25, -0.2) is 4.79 Å². The van der Waals surface area contributed by atoms with Crippen molar-refractivity contribution in [3.05, 3.63) is 71.4 Å². The number of ether oxygens (including phenoxy) is 1. The number of carbonyl (C=O) groups excluding carboxylic acids is 2. The quantitative estimate of drug-likeness (QED) is 0.623. The van der Waals surface area contributed by atoms with E-state index in [2.05, 4.69) is 22.4 Å². The van der Waals surface area contributed by atoms with Gasteiger partial charge in [0.15, 0.2) is 5.60 Å². The summed E-state index contributed by atoms with van der Waals surface area (Å²) in [6, 6.07) is 16.1. The van der Waals surface area contributed by atoms with E-state index in [0.29, 0.717) is 0 Å². The smallest absolute Gasteiger partial charge is 0.405 e. The number of para-hydroxylation sites is 1. The molecule has 2 unspecified atom stereocenters. The maximum atomic E-state index is 13.2. The molecule has 6 heteroatoms. The van der Waals surface area contributed by atoms with E-state index in [1.807, 2.05) is 42.6 Å². The second-order valence-electron chi connectivity index (χ2n) is 7.87. The Kier molecular flexibility index (Phi) is 5.01. The number of primary amides is 1. The highest BCUT2D eigenvalue weighted by atomic mass is 16.6. The summed E-state index contributed by atoms with van der Waals surface area (Å²) in [6.07, 6.45) is 3.64. The number of benzene rings is 2. The molecule has 0 radical (unpaired) electrons. The SMILES string of the molecule is CC(Cc1c[nH]c2ccccc12)(OC(N)=O)C(=O)NC1CCc2ccccc2C1. The van der Waals surface area contributed by atoms with E-state index in [0.717, 1.165) is 35.7 Å². The van der Waals surface area contributed by atoms with Crippen LogP contribution in [0, 0.1) is 0 Å². The molecule has 0 spiro atoms. The molecule has 0 fully saturated rings. The lowest BCUT2D eigenvalue weighted by atomic mass is 9.87. The number of H-pyrrole nitrogens is 1. The van der Waals surface area contributed by atoms with Gasteiger partial charge < -0.3 is 20.8 Å². The van der Waals surface area contributed by atoms with E-state index >= 15 is 0 Å². The molecular formula is C23H25N3O3. The number of carbonyl (C=O) groups is 2. The number of nitrogens with two attached hydrogens (primary N) is 1. The van der Waals surface area contributed by atoms with Crippen LogP contribution in [0.4, 0.5) is 4.79 Å². The fourth-order valence-electron chi connectivity index (χ4n) is 4.19. The van der Waals surface area contributed by atoms with Crippen molar-refractivity contribution in [2.75, 3.05) is 0 Å². The van der Waals surface area contributed by atoms with Gasteiger partial charge >= 0.3 is 6.09 Å². The first-order valence-corrected chi connectivity index (χ1v) is 9.86. The van der Waals surface area contributed by atoms with E-state index in [9.17, 15) is 9.59 Å². The molecule has 29 heavy (non-hydrogen) atoms. The highest BCUT2D eigenvalue weighted by Crippen LogP contribution is 2.26. The Morgan fingerprint density at radius 3 is 2.69 bits per heavy atom. The van der Waals surface area contributed by atoms with Gasteiger partial charge in [-0.15, -0.1) is 0 Å². The average Bonchev–Trinajstić information content (AvgIpc) is 3.10. The highest BCUT2D eigenvalue weighted by Gasteiger charge is 2.39. The van der Waals surface area contributed by atoms with Crippen molar-refractivity contribution in [2.24, 2.45) is 5.73 Å². The predicted molar refractivity (Wildman–Crippen MR) is 111 cm³/mol. The fourth-order valence-corrected chi connectivity index (χ4v) is 4.19. The third-order valence-electron chi connectivity index (χ3n) is 5.69. The van der Waals surface area contributed by atoms with Gasteiger partial charge in [-0.3, -0.25) is 4.79 Å². The summed E-state index contributed by atoms with van der Waals surface area (Å²) in [5, 5.41) is 4.08. The molecule has 150 valence electrons. The molecule has 4 rings (SSSR count). The molecule has 0 saturated carbocycles. The number of nitrogens with one attached hydrogen (secondary N) is 2. The van der Waals surface area contributed by atoms with Crippen LogP contribution in [0.3, 0.4) is 0 Å². The molecule has 6 nitrogen and oxygen atoms in total. The molecule has 4 N–H and O–H groups in total. The van der Waals surface area contributed by atoms with Crippen LogP contribution in [0.5, 0.6) is 0 Å². The topological polar surface area (TPSA) is 97.2 Å². The van der Waals surface area contributed by atoms with Crippen LogP contribution >= 0.6 is 0 Å². The van der Waals surface area contributed by atoms with Gasteiger partial charge in [0, 0.05) is 29.6 Å². The highest BCUT2D eigenvalue weighted by molar-refractivity contribution is 5.89. The van der Waals surface area contributed by atoms with Crippen molar-refractivity contribution >= 4 is 22.9 Å². The Balaban J connectivity index is 1.54. The van der Waals surface area contributed by atoms with E-state index < -0.39 is 11.7 Å². The summed E-state index contributed by atoms with van der Waals surface area (Å²) in [5.74, 6) is -0.328. The summed E-state index contributed by atoms with van der Waals surface area (Å²) in [5.41, 5.74) is 8.35. The number of aromatic nitrogens is 1. The van der Waals surface area contributed by atoms with E-state index in [1.54, 1.807) is 6.92 Å². The largest absolute Gasteiger partial charge is 0.433 e. The molecule has 2 atom stereocenters. The van der Waals surface area contributed by atoms with Gasteiger partial charge in [-0.1, -0.05) is 42.5 Å². The first kappa shape index (κ1) is 19.1. The Morgan fingerprint density at radius 2 is 1.90 bits per heavy atom. The lowest BCUT2D eigenvalue weighted by Gasteiger charge is -2.32. The van der Waals surface area contributed by atoms with Gasteiger partial charge in [0.2, 0.25) is 0 Å². The van der Waals surface area contributed by atoms with Crippen molar-refractivity contribution in [1.82, 2.24) is 10.3 Å². The maximum Gasteiger partial charge on any atom is 0.405 e. The summed E-state index contributed by atoms with van der Waals surface area (Å²) in [4.78, 5) is 28.0. The number of hydrogen-bond acceptors (Lipinski definition) is 3. The second-order valence-corrected chi connectivity index (χ2v) is 7.87. The monoisotopic (exact) mass is 391 g/mol. The van der Waals surface area contributed by atoms with Crippen LogP contribution < -0.4 is 11.1 Å². The first-order chi connectivity index (χ1) is 13.9. The summed E-state index contributed by atoms with van der Waals surface area (Å²) < 4.78 is 5.35. The normalized spacial score (nSPS) is 17.9. The molecule has 1 heterocycles. The molecule has 0 saturated heterocycles. The van der Waals surface area contributed by atoms with Crippen LogP contribution in [0.25, 0.3) is 10.9 Å². The van der Waals surface area contributed by atoms with Crippen LogP contribution in [0.2, 0.25) is 0 Å². The molecule has 1 aliphatic carbocycles.